The van der Waals surface area contributed by atoms with E-state index in [1.807, 2.05) is 13.0 Å². The summed E-state index contributed by atoms with van der Waals surface area (Å²) in [6, 6.07) is 6.45. The summed E-state index contributed by atoms with van der Waals surface area (Å²) in [4.78, 5) is 12.4. The molecule has 2 fully saturated rings. The van der Waals surface area contributed by atoms with E-state index in [-0.39, 0.29) is 11.8 Å². The Labute approximate surface area is 128 Å². The Morgan fingerprint density at radius 2 is 2.18 bits per heavy atom. The van der Waals surface area contributed by atoms with Crippen molar-refractivity contribution in [1.82, 2.24) is 0 Å². The molecule has 2 saturated heterocycles. The third kappa shape index (κ3) is 2.63. The summed E-state index contributed by atoms with van der Waals surface area (Å²) in [5.41, 5.74) is 0.992. The Morgan fingerprint density at radius 1 is 1.45 bits per heavy atom. The van der Waals surface area contributed by atoms with Gasteiger partial charge in [0.15, 0.2) is 5.79 Å². The molecule has 0 N–H and O–H groups in total. The molecule has 2 aliphatic heterocycles. The predicted octanol–water partition coefficient (Wildman–Crippen LogP) is 2.20. The van der Waals surface area contributed by atoms with Crippen LogP contribution in [0.3, 0.4) is 0 Å². The molecule has 3 rings (SSSR count). The van der Waals surface area contributed by atoms with E-state index in [0.29, 0.717) is 25.3 Å². The molecule has 0 bridgehead atoms. The summed E-state index contributed by atoms with van der Waals surface area (Å²) in [6.45, 7) is 3.99. The second-order valence-electron chi connectivity index (χ2n) is 5.71. The van der Waals surface area contributed by atoms with E-state index < -0.39 is 10.7 Å². The van der Waals surface area contributed by atoms with Crippen molar-refractivity contribution < 1.29 is 14.4 Å². The number of ether oxygens (including phenoxy) is 2. The van der Waals surface area contributed by atoms with Crippen molar-refractivity contribution in [3.63, 3.8) is 0 Å². The summed E-state index contributed by atoms with van der Waals surface area (Å²) in [7, 11) is 0. The fourth-order valence-electron chi connectivity index (χ4n) is 3.06. The fraction of sp³-hybridized carbons (Fsp3) is 0.533. The zero-order chi connectivity index (χ0) is 15.7. The molecule has 0 amide bonds. The summed E-state index contributed by atoms with van der Waals surface area (Å²) in [5.74, 6) is -0.497. The lowest BCUT2D eigenvalue weighted by atomic mass is 10.0. The van der Waals surface area contributed by atoms with E-state index in [9.17, 15) is 15.4 Å². The number of nitro groups is 1. The molecule has 1 aromatic carbocycles. The maximum atomic E-state index is 10.8. The molecule has 1 atom stereocenters. The Morgan fingerprint density at radius 3 is 2.73 bits per heavy atom. The van der Waals surface area contributed by atoms with Crippen LogP contribution in [-0.2, 0) is 9.47 Å². The van der Waals surface area contributed by atoms with Crippen LogP contribution in [0.15, 0.2) is 18.2 Å². The summed E-state index contributed by atoms with van der Waals surface area (Å²) < 4.78 is 11.7. The van der Waals surface area contributed by atoms with Gasteiger partial charge in [-0.1, -0.05) is 0 Å². The molecule has 7 nitrogen and oxygen atoms in total. The average Bonchev–Trinajstić information content (AvgIpc) is 2.88. The molecular formula is C15H17N3O4. The number of hydrogen-bond acceptors (Lipinski definition) is 6. The fourth-order valence-corrected chi connectivity index (χ4v) is 3.06. The third-order valence-electron chi connectivity index (χ3n) is 4.17. The Hall–Kier alpha value is -2.17. The minimum atomic E-state index is -0.497. The van der Waals surface area contributed by atoms with Gasteiger partial charge in [0.25, 0.3) is 5.69 Å². The SMILES string of the molecule is C[C@H]1COC2(CCN(c3ccc([N+](=O)[O-])cc3C#N)CC2)O1. The Balaban J connectivity index is 1.76. The van der Waals surface area contributed by atoms with Gasteiger partial charge in [0, 0.05) is 38.1 Å². The normalized spacial score (nSPS) is 23.5. The lowest BCUT2D eigenvalue weighted by Gasteiger charge is -2.39. The van der Waals surface area contributed by atoms with Crippen LogP contribution in [0.1, 0.15) is 25.3 Å². The van der Waals surface area contributed by atoms with Crippen LogP contribution < -0.4 is 4.90 Å². The average molecular weight is 303 g/mol. The molecule has 0 aromatic heterocycles. The number of nitriles is 1. The van der Waals surface area contributed by atoms with E-state index in [2.05, 4.69) is 4.90 Å². The largest absolute Gasteiger partial charge is 0.370 e. The maximum Gasteiger partial charge on any atom is 0.270 e. The van der Waals surface area contributed by atoms with Crippen molar-refractivity contribution in [2.45, 2.75) is 31.7 Å². The molecule has 0 saturated carbocycles. The number of nitrogens with zero attached hydrogens (tertiary/aromatic N) is 3. The van der Waals surface area contributed by atoms with Gasteiger partial charge >= 0.3 is 0 Å². The van der Waals surface area contributed by atoms with Crippen molar-refractivity contribution in [3.8, 4) is 6.07 Å². The molecule has 0 unspecified atom stereocenters. The second kappa shape index (κ2) is 5.55. The van der Waals surface area contributed by atoms with Crippen molar-refractivity contribution in [2.75, 3.05) is 24.6 Å². The van der Waals surface area contributed by atoms with E-state index in [1.165, 1.54) is 12.1 Å². The first-order valence-electron chi connectivity index (χ1n) is 7.28. The van der Waals surface area contributed by atoms with Gasteiger partial charge < -0.3 is 14.4 Å². The van der Waals surface area contributed by atoms with Crippen molar-refractivity contribution in [1.29, 1.82) is 5.26 Å². The van der Waals surface area contributed by atoms with Gasteiger partial charge in [-0.3, -0.25) is 10.1 Å². The minimum Gasteiger partial charge on any atom is -0.370 e. The van der Waals surface area contributed by atoms with Gasteiger partial charge in [-0.2, -0.15) is 5.26 Å². The molecule has 1 spiro atoms. The number of rotatable bonds is 2. The number of benzene rings is 1. The van der Waals surface area contributed by atoms with Gasteiger partial charge in [-0.25, -0.2) is 0 Å². The van der Waals surface area contributed by atoms with Crippen molar-refractivity contribution >= 4 is 11.4 Å². The van der Waals surface area contributed by atoms with Crippen LogP contribution in [0.2, 0.25) is 0 Å². The van der Waals surface area contributed by atoms with E-state index >= 15 is 0 Å². The highest BCUT2D eigenvalue weighted by atomic mass is 16.7. The highest BCUT2D eigenvalue weighted by Gasteiger charge is 2.42. The quantitative estimate of drug-likeness (QED) is 0.614. The van der Waals surface area contributed by atoms with Crippen molar-refractivity contribution in [3.05, 3.63) is 33.9 Å². The molecule has 116 valence electrons. The van der Waals surface area contributed by atoms with Crippen LogP contribution in [0.5, 0.6) is 0 Å². The molecule has 0 radical (unpaired) electrons. The van der Waals surface area contributed by atoms with Gasteiger partial charge in [0.05, 0.1) is 28.9 Å². The molecule has 0 aliphatic carbocycles. The van der Waals surface area contributed by atoms with Crippen LogP contribution in [-0.4, -0.2) is 36.5 Å². The zero-order valence-electron chi connectivity index (χ0n) is 12.3. The van der Waals surface area contributed by atoms with Gasteiger partial charge in [-0.15, -0.1) is 0 Å². The molecule has 2 heterocycles. The summed E-state index contributed by atoms with van der Waals surface area (Å²) in [6.07, 6.45) is 1.55. The van der Waals surface area contributed by atoms with Crippen molar-refractivity contribution in [2.24, 2.45) is 0 Å². The van der Waals surface area contributed by atoms with Gasteiger partial charge in [0.1, 0.15) is 6.07 Å². The highest BCUT2D eigenvalue weighted by Crippen LogP contribution is 2.36. The molecule has 1 aromatic rings. The molecule has 2 aliphatic rings. The van der Waals surface area contributed by atoms with Crippen LogP contribution >= 0.6 is 0 Å². The number of piperidine rings is 1. The topological polar surface area (TPSA) is 88.6 Å². The molecule has 7 heteroatoms. The smallest absolute Gasteiger partial charge is 0.270 e. The maximum absolute atomic E-state index is 10.8. The lowest BCUT2D eigenvalue weighted by Crippen LogP contribution is -2.45. The summed E-state index contributed by atoms with van der Waals surface area (Å²) in [5, 5.41) is 20.1. The predicted molar refractivity (Wildman–Crippen MR) is 78.5 cm³/mol. The van der Waals surface area contributed by atoms with E-state index in [1.54, 1.807) is 6.07 Å². The number of anilines is 1. The lowest BCUT2D eigenvalue weighted by molar-refractivity contribution is -0.384. The number of non-ortho nitro benzene ring substituents is 1. The Bertz CT molecular complexity index is 632. The summed E-state index contributed by atoms with van der Waals surface area (Å²) >= 11 is 0. The first-order chi connectivity index (χ1) is 10.5. The third-order valence-corrected chi connectivity index (χ3v) is 4.17. The number of hydrogen-bond donors (Lipinski definition) is 0. The minimum absolute atomic E-state index is 0.0648. The van der Waals surface area contributed by atoms with E-state index in [4.69, 9.17) is 9.47 Å². The standard InChI is InChI=1S/C15H17N3O4/c1-11-10-21-15(22-11)4-6-17(7-5-15)14-3-2-13(18(19)20)8-12(14)9-16/h2-3,8,11H,4-7,10H2,1H3/t11-/m0/s1. The first kappa shape index (κ1) is 14.8. The highest BCUT2D eigenvalue weighted by molar-refractivity contribution is 5.63. The monoisotopic (exact) mass is 303 g/mol. The zero-order valence-corrected chi connectivity index (χ0v) is 12.3. The van der Waals surface area contributed by atoms with Gasteiger partial charge in [-0.05, 0) is 13.0 Å². The first-order valence-corrected chi connectivity index (χ1v) is 7.28. The second-order valence-corrected chi connectivity index (χ2v) is 5.71. The molecular weight excluding hydrogens is 286 g/mol. The molecule has 22 heavy (non-hydrogen) atoms. The Kier molecular flexibility index (Phi) is 3.72. The van der Waals surface area contributed by atoms with Crippen LogP contribution in [0.4, 0.5) is 11.4 Å². The van der Waals surface area contributed by atoms with E-state index in [0.717, 1.165) is 18.5 Å². The van der Waals surface area contributed by atoms with Crippen LogP contribution in [0, 0.1) is 21.4 Å². The van der Waals surface area contributed by atoms with Crippen LogP contribution in [0.25, 0.3) is 0 Å². The number of nitro benzene ring substituents is 1. The van der Waals surface area contributed by atoms with Gasteiger partial charge in [0.2, 0.25) is 0 Å².